The minimum atomic E-state index is 0.614. The second kappa shape index (κ2) is 9.45. The van der Waals surface area contributed by atoms with Gasteiger partial charge in [-0.05, 0) is 29.8 Å². The Morgan fingerprint density at radius 3 is 2.36 bits per heavy atom. The average molecular weight is 379 g/mol. The Balaban J connectivity index is 1.55. The highest BCUT2D eigenvalue weighted by Gasteiger charge is 2.06. The largest absolute Gasteiger partial charge is 0.493 e. The van der Waals surface area contributed by atoms with Crippen LogP contribution in [0.4, 0.5) is 0 Å². The SMILES string of the molecule is CN=C(NCc1ccc(OC)c(OC)c1)NCc1cnn(-c2ccccc2)c1. The van der Waals surface area contributed by atoms with Gasteiger partial charge in [-0.3, -0.25) is 4.99 Å². The lowest BCUT2D eigenvalue weighted by atomic mass is 10.2. The van der Waals surface area contributed by atoms with Gasteiger partial charge in [0.1, 0.15) is 0 Å². The van der Waals surface area contributed by atoms with E-state index in [1.54, 1.807) is 21.3 Å². The number of guanidine groups is 1. The molecule has 3 aromatic rings. The summed E-state index contributed by atoms with van der Waals surface area (Å²) in [5.74, 6) is 2.13. The van der Waals surface area contributed by atoms with Crippen molar-refractivity contribution in [1.82, 2.24) is 20.4 Å². The highest BCUT2D eigenvalue weighted by molar-refractivity contribution is 5.79. The molecule has 2 aromatic carbocycles. The highest BCUT2D eigenvalue weighted by atomic mass is 16.5. The van der Waals surface area contributed by atoms with E-state index in [1.807, 2.05) is 65.6 Å². The Hall–Kier alpha value is -3.48. The van der Waals surface area contributed by atoms with Gasteiger partial charge in [0, 0.05) is 31.9 Å². The fourth-order valence-corrected chi connectivity index (χ4v) is 2.76. The first-order chi connectivity index (χ1) is 13.7. The molecule has 7 heteroatoms. The molecule has 0 amide bonds. The van der Waals surface area contributed by atoms with Crippen LogP contribution < -0.4 is 20.1 Å². The van der Waals surface area contributed by atoms with E-state index < -0.39 is 0 Å². The Morgan fingerprint density at radius 2 is 1.68 bits per heavy atom. The molecule has 7 nitrogen and oxygen atoms in total. The Labute approximate surface area is 165 Å². The fourth-order valence-electron chi connectivity index (χ4n) is 2.76. The fraction of sp³-hybridized carbons (Fsp3) is 0.238. The minimum absolute atomic E-state index is 0.614. The normalized spacial score (nSPS) is 11.2. The summed E-state index contributed by atoms with van der Waals surface area (Å²) in [4.78, 5) is 4.27. The van der Waals surface area contributed by atoms with Crippen LogP contribution in [0.2, 0.25) is 0 Å². The van der Waals surface area contributed by atoms with Crippen molar-refractivity contribution < 1.29 is 9.47 Å². The lowest BCUT2D eigenvalue weighted by Gasteiger charge is -2.13. The van der Waals surface area contributed by atoms with Gasteiger partial charge in [-0.15, -0.1) is 0 Å². The van der Waals surface area contributed by atoms with Gasteiger partial charge in [-0.1, -0.05) is 24.3 Å². The zero-order chi connectivity index (χ0) is 19.8. The van der Waals surface area contributed by atoms with Gasteiger partial charge in [0.05, 0.1) is 26.1 Å². The highest BCUT2D eigenvalue weighted by Crippen LogP contribution is 2.27. The first-order valence-corrected chi connectivity index (χ1v) is 8.98. The Bertz CT molecular complexity index is 922. The van der Waals surface area contributed by atoms with Crippen LogP contribution in [0.3, 0.4) is 0 Å². The summed E-state index contributed by atoms with van der Waals surface area (Å²) in [5, 5.41) is 11.0. The minimum Gasteiger partial charge on any atom is -0.493 e. The van der Waals surface area contributed by atoms with E-state index in [0.717, 1.165) is 16.8 Å². The molecule has 0 saturated carbocycles. The maximum atomic E-state index is 5.35. The topological polar surface area (TPSA) is 72.7 Å². The number of nitrogens with zero attached hydrogens (tertiary/aromatic N) is 3. The smallest absolute Gasteiger partial charge is 0.191 e. The quantitative estimate of drug-likeness (QED) is 0.488. The van der Waals surface area contributed by atoms with Crippen molar-refractivity contribution in [3.05, 3.63) is 72.1 Å². The van der Waals surface area contributed by atoms with Crippen molar-refractivity contribution in [2.75, 3.05) is 21.3 Å². The zero-order valence-electron chi connectivity index (χ0n) is 16.3. The van der Waals surface area contributed by atoms with Gasteiger partial charge in [0.2, 0.25) is 0 Å². The van der Waals surface area contributed by atoms with Crippen molar-refractivity contribution in [3.8, 4) is 17.2 Å². The van der Waals surface area contributed by atoms with Crippen LogP contribution in [0, 0.1) is 0 Å². The van der Waals surface area contributed by atoms with Crippen molar-refractivity contribution in [3.63, 3.8) is 0 Å². The van der Waals surface area contributed by atoms with E-state index in [2.05, 4.69) is 20.7 Å². The molecule has 0 aliphatic heterocycles. The summed E-state index contributed by atoms with van der Waals surface area (Å²) in [6.07, 6.45) is 3.85. The maximum absolute atomic E-state index is 5.35. The number of aromatic nitrogens is 2. The maximum Gasteiger partial charge on any atom is 0.191 e. The second-order valence-electron chi connectivity index (χ2n) is 6.10. The van der Waals surface area contributed by atoms with Crippen LogP contribution in [-0.4, -0.2) is 37.0 Å². The number of hydrogen-bond acceptors (Lipinski definition) is 4. The van der Waals surface area contributed by atoms with Crippen LogP contribution in [0.15, 0.2) is 65.9 Å². The third kappa shape index (κ3) is 4.82. The monoisotopic (exact) mass is 379 g/mol. The number of hydrogen-bond donors (Lipinski definition) is 2. The first-order valence-electron chi connectivity index (χ1n) is 8.98. The number of benzene rings is 2. The molecule has 0 saturated heterocycles. The van der Waals surface area contributed by atoms with Gasteiger partial charge in [-0.25, -0.2) is 4.68 Å². The van der Waals surface area contributed by atoms with Crippen LogP contribution in [0.25, 0.3) is 5.69 Å². The summed E-state index contributed by atoms with van der Waals surface area (Å²) in [7, 11) is 5.00. The van der Waals surface area contributed by atoms with Crippen LogP contribution >= 0.6 is 0 Å². The van der Waals surface area contributed by atoms with Crippen LogP contribution in [0.1, 0.15) is 11.1 Å². The third-order valence-corrected chi connectivity index (χ3v) is 4.25. The number of para-hydroxylation sites is 1. The zero-order valence-corrected chi connectivity index (χ0v) is 16.3. The molecule has 3 rings (SSSR count). The van der Waals surface area contributed by atoms with Gasteiger partial charge >= 0.3 is 0 Å². The molecule has 0 aliphatic carbocycles. The molecule has 0 spiro atoms. The summed E-state index contributed by atoms with van der Waals surface area (Å²) < 4.78 is 12.5. The molecule has 28 heavy (non-hydrogen) atoms. The summed E-state index contributed by atoms with van der Waals surface area (Å²) in [6, 6.07) is 15.9. The van der Waals surface area contributed by atoms with Gasteiger partial charge in [0.25, 0.3) is 0 Å². The predicted molar refractivity (Wildman–Crippen MR) is 110 cm³/mol. The standard InChI is InChI=1S/C21H25N5O2/c1-22-21(23-12-16-9-10-19(27-2)20(11-16)28-3)24-13-17-14-25-26(15-17)18-7-5-4-6-8-18/h4-11,14-15H,12-13H2,1-3H3,(H2,22,23,24). The van der Waals surface area contributed by atoms with E-state index >= 15 is 0 Å². The van der Waals surface area contributed by atoms with Crippen LogP contribution in [0.5, 0.6) is 11.5 Å². The molecular weight excluding hydrogens is 354 g/mol. The van der Waals surface area contributed by atoms with Gasteiger partial charge in [-0.2, -0.15) is 5.10 Å². The lowest BCUT2D eigenvalue weighted by molar-refractivity contribution is 0.354. The molecule has 0 fully saturated rings. The molecule has 0 bridgehead atoms. The molecule has 1 heterocycles. The van der Waals surface area contributed by atoms with E-state index in [4.69, 9.17) is 9.47 Å². The van der Waals surface area contributed by atoms with Crippen molar-refractivity contribution in [2.45, 2.75) is 13.1 Å². The van der Waals surface area contributed by atoms with E-state index in [0.29, 0.717) is 30.5 Å². The van der Waals surface area contributed by atoms with E-state index in [9.17, 15) is 0 Å². The van der Waals surface area contributed by atoms with Gasteiger partial charge in [0.15, 0.2) is 17.5 Å². The molecule has 0 aliphatic rings. The summed E-state index contributed by atoms with van der Waals surface area (Å²) in [5.41, 5.74) is 3.17. The van der Waals surface area contributed by atoms with E-state index in [1.165, 1.54) is 0 Å². The number of rotatable bonds is 7. The first kappa shape index (κ1) is 19.3. The van der Waals surface area contributed by atoms with Gasteiger partial charge < -0.3 is 20.1 Å². The van der Waals surface area contributed by atoms with Crippen molar-refractivity contribution in [1.29, 1.82) is 0 Å². The number of nitrogens with one attached hydrogen (secondary N) is 2. The Morgan fingerprint density at radius 1 is 0.964 bits per heavy atom. The predicted octanol–water partition coefficient (Wildman–Crippen LogP) is 2.75. The number of ether oxygens (including phenoxy) is 2. The molecule has 146 valence electrons. The average Bonchev–Trinajstić information content (AvgIpc) is 3.23. The van der Waals surface area contributed by atoms with Crippen LogP contribution in [-0.2, 0) is 13.1 Å². The summed E-state index contributed by atoms with van der Waals surface area (Å²) in [6.45, 7) is 1.24. The second-order valence-corrected chi connectivity index (χ2v) is 6.10. The molecule has 0 atom stereocenters. The third-order valence-electron chi connectivity index (χ3n) is 4.25. The van der Waals surface area contributed by atoms with E-state index in [-0.39, 0.29) is 0 Å². The van der Waals surface area contributed by atoms with Crippen molar-refractivity contribution >= 4 is 5.96 Å². The number of aliphatic imine (C=N–C) groups is 1. The number of methoxy groups -OCH3 is 2. The molecule has 0 radical (unpaired) electrons. The van der Waals surface area contributed by atoms with Crippen molar-refractivity contribution in [2.24, 2.45) is 4.99 Å². The molecule has 2 N–H and O–H groups in total. The molecule has 0 unspecified atom stereocenters. The molecule has 1 aromatic heterocycles. The summed E-state index contributed by atoms with van der Waals surface area (Å²) >= 11 is 0. The lowest BCUT2D eigenvalue weighted by Crippen LogP contribution is -2.36. The Kier molecular flexibility index (Phi) is 6.51. The molecular formula is C21H25N5O2.